The van der Waals surface area contributed by atoms with Gasteiger partial charge in [-0.2, -0.15) is 0 Å². The molecule has 110 valence electrons. The van der Waals surface area contributed by atoms with E-state index in [1.165, 1.54) is 6.42 Å². The van der Waals surface area contributed by atoms with Crippen molar-refractivity contribution in [1.82, 2.24) is 4.98 Å². The Morgan fingerprint density at radius 2 is 2.30 bits per heavy atom. The minimum atomic E-state index is -0.325. The van der Waals surface area contributed by atoms with Gasteiger partial charge in [0, 0.05) is 24.8 Å². The lowest BCUT2D eigenvalue weighted by atomic mass is 9.96. The van der Waals surface area contributed by atoms with E-state index in [4.69, 9.17) is 10.5 Å². The zero-order valence-electron chi connectivity index (χ0n) is 12.2. The summed E-state index contributed by atoms with van der Waals surface area (Å²) in [7, 11) is 0. The molecule has 5 heteroatoms. The van der Waals surface area contributed by atoms with Crippen LogP contribution in [0, 0.1) is 0 Å². The second-order valence-electron chi connectivity index (χ2n) is 5.20. The van der Waals surface area contributed by atoms with Gasteiger partial charge in [0.15, 0.2) is 0 Å². The molecule has 0 spiro atoms. The molecule has 1 aromatic heterocycles. The molecule has 2 heterocycles. The fourth-order valence-corrected chi connectivity index (χ4v) is 2.81. The van der Waals surface area contributed by atoms with E-state index in [-0.39, 0.29) is 5.97 Å². The van der Waals surface area contributed by atoms with Gasteiger partial charge in [-0.15, -0.1) is 0 Å². The molecule has 1 aliphatic rings. The number of hydrogen-bond donors (Lipinski definition) is 1. The lowest BCUT2D eigenvalue weighted by Crippen LogP contribution is -2.49. The number of carbonyl (C=O) groups excluding carboxylic acids is 1. The van der Waals surface area contributed by atoms with E-state index < -0.39 is 0 Å². The van der Waals surface area contributed by atoms with Crippen LogP contribution < -0.4 is 10.6 Å². The Morgan fingerprint density at radius 1 is 1.50 bits per heavy atom. The smallest absolute Gasteiger partial charge is 0.339 e. The molecule has 0 aliphatic carbocycles. The molecule has 1 aliphatic heterocycles. The molecular weight excluding hydrogens is 254 g/mol. The SMILES string of the molecule is CCOC(=O)c1ccc(N2C(C)CCCC2CN)nc1. The van der Waals surface area contributed by atoms with Crippen molar-refractivity contribution < 1.29 is 9.53 Å². The van der Waals surface area contributed by atoms with Crippen molar-refractivity contribution in [3.63, 3.8) is 0 Å². The third-order valence-electron chi connectivity index (χ3n) is 3.82. The number of anilines is 1. The zero-order valence-corrected chi connectivity index (χ0v) is 12.2. The van der Waals surface area contributed by atoms with Crippen LogP contribution in [-0.2, 0) is 4.74 Å². The molecule has 0 amide bonds. The van der Waals surface area contributed by atoms with Crippen LogP contribution in [0.5, 0.6) is 0 Å². The van der Waals surface area contributed by atoms with Crippen molar-refractivity contribution in [2.75, 3.05) is 18.1 Å². The molecule has 2 unspecified atom stereocenters. The van der Waals surface area contributed by atoms with Crippen LogP contribution in [0.15, 0.2) is 18.3 Å². The summed E-state index contributed by atoms with van der Waals surface area (Å²) in [6, 6.07) is 4.42. The van der Waals surface area contributed by atoms with Gasteiger partial charge < -0.3 is 15.4 Å². The molecule has 0 aromatic carbocycles. The number of nitrogens with two attached hydrogens (primary N) is 1. The number of pyridine rings is 1. The molecule has 0 radical (unpaired) electrons. The molecule has 2 N–H and O–H groups in total. The van der Waals surface area contributed by atoms with Crippen molar-refractivity contribution in [1.29, 1.82) is 0 Å². The van der Waals surface area contributed by atoms with Crippen molar-refractivity contribution in [2.45, 2.75) is 45.2 Å². The van der Waals surface area contributed by atoms with Crippen molar-refractivity contribution in [2.24, 2.45) is 5.73 Å². The Labute approximate surface area is 120 Å². The highest BCUT2D eigenvalue weighted by molar-refractivity contribution is 5.89. The first-order valence-corrected chi connectivity index (χ1v) is 7.29. The van der Waals surface area contributed by atoms with E-state index in [1.54, 1.807) is 19.2 Å². The van der Waals surface area contributed by atoms with Crippen LogP contribution in [0.3, 0.4) is 0 Å². The Balaban J connectivity index is 2.17. The highest BCUT2D eigenvalue weighted by Gasteiger charge is 2.27. The Bertz CT molecular complexity index is 447. The topological polar surface area (TPSA) is 68.5 Å². The predicted molar refractivity (Wildman–Crippen MR) is 78.8 cm³/mol. The molecule has 20 heavy (non-hydrogen) atoms. The van der Waals surface area contributed by atoms with Crippen LogP contribution in [0.4, 0.5) is 5.82 Å². The maximum atomic E-state index is 11.6. The lowest BCUT2D eigenvalue weighted by molar-refractivity contribution is 0.0526. The van der Waals surface area contributed by atoms with Gasteiger partial charge in [0.1, 0.15) is 5.82 Å². The van der Waals surface area contributed by atoms with E-state index in [9.17, 15) is 4.79 Å². The average Bonchev–Trinajstić information content (AvgIpc) is 2.47. The standard InChI is InChI=1S/C15H23N3O2/c1-3-20-15(19)12-7-8-14(17-10-12)18-11(2)5-4-6-13(18)9-16/h7-8,10-11,13H,3-6,9,16H2,1-2H3. The number of hydrogen-bond acceptors (Lipinski definition) is 5. The Hall–Kier alpha value is -1.62. The van der Waals surface area contributed by atoms with Gasteiger partial charge in [-0.1, -0.05) is 0 Å². The number of ether oxygens (including phenoxy) is 1. The Morgan fingerprint density at radius 3 is 2.90 bits per heavy atom. The van der Waals surface area contributed by atoms with Crippen LogP contribution in [0.2, 0.25) is 0 Å². The van der Waals surface area contributed by atoms with Crippen molar-refractivity contribution in [3.05, 3.63) is 23.9 Å². The maximum Gasteiger partial charge on any atom is 0.339 e. The normalized spacial score (nSPS) is 22.6. The molecule has 0 bridgehead atoms. The largest absolute Gasteiger partial charge is 0.462 e. The maximum absolute atomic E-state index is 11.6. The average molecular weight is 277 g/mol. The monoisotopic (exact) mass is 277 g/mol. The second kappa shape index (κ2) is 6.70. The number of rotatable bonds is 4. The first-order chi connectivity index (χ1) is 9.67. The number of carbonyl (C=O) groups is 1. The minimum absolute atomic E-state index is 0.325. The number of aromatic nitrogens is 1. The highest BCUT2D eigenvalue weighted by atomic mass is 16.5. The van der Waals surface area contributed by atoms with Gasteiger partial charge in [-0.25, -0.2) is 9.78 Å². The first-order valence-electron chi connectivity index (χ1n) is 7.29. The van der Waals surface area contributed by atoms with Gasteiger partial charge in [-0.05, 0) is 45.2 Å². The van der Waals surface area contributed by atoms with E-state index in [2.05, 4.69) is 16.8 Å². The van der Waals surface area contributed by atoms with Crippen molar-refractivity contribution in [3.8, 4) is 0 Å². The summed E-state index contributed by atoms with van der Waals surface area (Å²) >= 11 is 0. The Kier molecular flexibility index (Phi) is 4.95. The lowest BCUT2D eigenvalue weighted by Gasteiger charge is -2.41. The highest BCUT2D eigenvalue weighted by Crippen LogP contribution is 2.27. The fourth-order valence-electron chi connectivity index (χ4n) is 2.81. The third-order valence-corrected chi connectivity index (χ3v) is 3.82. The minimum Gasteiger partial charge on any atom is -0.462 e. The predicted octanol–water partition coefficient (Wildman–Crippen LogP) is 1.96. The van der Waals surface area contributed by atoms with Crippen molar-refractivity contribution >= 4 is 11.8 Å². The number of esters is 1. The van der Waals surface area contributed by atoms with Crippen LogP contribution in [0.1, 0.15) is 43.5 Å². The van der Waals surface area contributed by atoms with Gasteiger partial charge in [0.25, 0.3) is 0 Å². The van der Waals surface area contributed by atoms with Gasteiger partial charge in [-0.3, -0.25) is 0 Å². The summed E-state index contributed by atoms with van der Waals surface area (Å²) in [6.07, 6.45) is 5.04. The van der Waals surface area contributed by atoms with E-state index >= 15 is 0 Å². The van der Waals surface area contributed by atoms with Gasteiger partial charge >= 0.3 is 5.97 Å². The van der Waals surface area contributed by atoms with E-state index in [0.717, 1.165) is 18.7 Å². The van der Waals surface area contributed by atoms with Gasteiger partial charge in [0.2, 0.25) is 0 Å². The van der Waals surface area contributed by atoms with Crippen LogP contribution in [-0.4, -0.2) is 36.2 Å². The fraction of sp³-hybridized carbons (Fsp3) is 0.600. The van der Waals surface area contributed by atoms with Gasteiger partial charge in [0.05, 0.1) is 12.2 Å². The van der Waals surface area contributed by atoms with Crippen LogP contribution >= 0.6 is 0 Å². The summed E-state index contributed by atoms with van der Waals surface area (Å²) in [5.74, 6) is 0.564. The summed E-state index contributed by atoms with van der Waals surface area (Å²) in [5.41, 5.74) is 6.36. The summed E-state index contributed by atoms with van der Waals surface area (Å²) in [6.45, 7) is 4.99. The zero-order chi connectivity index (χ0) is 14.5. The number of nitrogens with zero attached hydrogens (tertiary/aromatic N) is 2. The number of piperidine rings is 1. The molecule has 2 atom stereocenters. The third kappa shape index (κ3) is 3.10. The quantitative estimate of drug-likeness (QED) is 0.852. The van der Waals surface area contributed by atoms with Crippen LogP contribution in [0.25, 0.3) is 0 Å². The molecule has 5 nitrogen and oxygen atoms in total. The molecule has 1 aromatic rings. The molecule has 1 saturated heterocycles. The summed E-state index contributed by atoms with van der Waals surface area (Å²) in [5, 5.41) is 0. The van der Waals surface area contributed by atoms with E-state index in [1.807, 2.05) is 6.07 Å². The summed E-state index contributed by atoms with van der Waals surface area (Å²) in [4.78, 5) is 18.3. The van der Waals surface area contributed by atoms with E-state index in [0.29, 0.717) is 30.8 Å². The second-order valence-corrected chi connectivity index (χ2v) is 5.20. The summed E-state index contributed by atoms with van der Waals surface area (Å²) < 4.78 is 4.96. The molecule has 0 saturated carbocycles. The first kappa shape index (κ1) is 14.8. The molecule has 2 rings (SSSR count). The molecule has 1 fully saturated rings. The molecular formula is C15H23N3O2.